The number of esters is 1. The lowest BCUT2D eigenvalue weighted by Crippen LogP contribution is -2.67. The van der Waals surface area contributed by atoms with Crippen LogP contribution in [-0.4, -0.2) is 80.4 Å². The lowest BCUT2D eigenvalue weighted by molar-refractivity contribution is -0.146. The Labute approximate surface area is 269 Å². The summed E-state index contributed by atoms with van der Waals surface area (Å²) in [5, 5.41) is 21.6. The van der Waals surface area contributed by atoms with Crippen LogP contribution in [0.25, 0.3) is 0 Å². The molecule has 0 aromatic heterocycles. The molecule has 3 fully saturated rings. The van der Waals surface area contributed by atoms with E-state index in [0.29, 0.717) is 32.0 Å². The van der Waals surface area contributed by atoms with Crippen molar-refractivity contribution in [3.63, 3.8) is 0 Å². The average Bonchev–Trinajstić information content (AvgIpc) is 3.43. The molecule has 9 heteroatoms. The number of likely N-dealkylation sites (tertiary alicyclic amines) is 1. The molecule has 4 atom stereocenters. The maximum Gasteiger partial charge on any atom is 0.323 e. The number of nitrogens with zero attached hydrogens (tertiary/aromatic N) is 1. The minimum Gasteiger partial charge on any atom is -0.497 e. The van der Waals surface area contributed by atoms with Crippen LogP contribution in [-0.2, 0) is 9.53 Å². The molecule has 45 heavy (non-hydrogen) atoms. The molecule has 2 aromatic rings. The number of aliphatic hydroxyl groups excluding tert-OH is 1. The number of hydrogen-bond donors (Lipinski definition) is 4. The summed E-state index contributed by atoms with van der Waals surface area (Å²) in [6, 6.07) is 16.3. The van der Waals surface area contributed by atoms with Crippen LogP contribution < -0.4 is 25.4 Å². The van der Waals surface area contributed by atoms with Crippen LogP contribution in [0, 0.1) is 0 Å². The van der Waals surface area contributed by atoms with Gasteiger partial charge >= 0.3 is 5.97 Å². The van der Waals surface area contributed by atoms with Crippen molar-refractivity contribution in [1.82, 2.24) is 15.5 Å². The maximum absolute atomic E-state index is 12.1. The lowest BCUT2D eigenvalue weighted by Gasteiger charge is -2.50. The number of β-amino-alcohol motifs (C(OH)–C–C–N with tert-alkyl or cyclic N) is 1. The SMILES string of the molecule is COC(=O)C1C[C@@H](O)CN1CCOc1ccc(NC2NCC(c3ccc(OC)cc3)C3(CCCCCCCCCCC3)N2)cc1. The molecule has 2 saturated heterocycles. The van der Waals surface area contributed by atoms with Gasteiger partial charge in [0, 0.05) is 43.2 Å². The molecule has 9 nitrogen and oxygen atoms in total. The van der Waals surface area contributed by atoms with E-state index in [1.807, 2.05) is 17.0 Å². The van der Waals surface area contributed by atoms with Gasteiger partial charge in [-0.1, -0.05) is 69.9 Å². The monoisotopic (exact) mass is 622 g/mol. The van der Waals surface area contributed by atoms with Crippen LogP contribution in [0.5, 0.6) is 11.5 Å². The molecule has 2 aliphatic heterocycles. The van der Waals surface area contributed by atoms with Gasteiger partial charge < -0.3 is 24.6 Å². The van der Waals surface area contributed by atoms with Crippen molar-refractivity contribution >= 4 is 11.7 Å². The fourth-order valence-corrected chi connectivity index (χ4v) is 7.57. The minimum absolute atomic E-state index is 0.00492. The number of aliphatic hydroxyl groups is 1. The first-order valence-corrected chi connectivity index (χ1v) is 17.1. The summed E-state index contributed by atoms with van der Waals surface area (Å²) in [6.07, 6.45) is 14.1. The number of carbonyl (C=O) groups is 1. The number of benzene rings is 2. The smallest absolute Gasteiger partial charge is 0.323 e. The van der Waals surface area contributed by atoms with Crippen molar-refractivity contribution in [3.8, 4) is 11.5 Å². The zero-order valence-electron chi connectivity index (χ0n) is 27.3. The molecule has 1 saturated carbocycles. The van der Waals surface area contributed by atoms with Crippen LogP contribution >= 0.6 is 0 Å². The first kappa shape index (κ1) is 33.5. The molecule has 0 radical (unpaired) electrons. The highest BCUT2D eigenvalue weighted by Crippen LogP contribution is 2.40. The molecule has 0 amide bonds. The molecule has 3 unspecified atom stereocenters. The normalized spacial score (nSPS) is 26.4. The average molecular weight is 623 g/mol. The molecule has 4 N–H and O–H groups in total. The van der Waals surface area contributed by atoms with Gasteiger partial charge in [-0.2, -0.15) is 0 Å². The van der Waals surface area contributed by atoms with E-state index in [9.17, 15) is 9.90 Å². The van der Waals surface area contributed by atoms with E-state index in [1.54, 1.807) is 7.11 Å². The van der Waals surface area contributed by atoms with Crippen LogP contribution in [0.1, 0.15) is 88.5 Å². The van der Waals surface area contributed by atoms with E-state index in [2.05, 4.69) is 52.3 Å². The molecule has 1 aliphatic carbocycles. The molecular weight excluding hydrogens is 568 g/mol. The highest BCUT2D eigenvalue weighted by molar-refractivity contribution is 5.76. The quantitative estimate of drug-likeness (QED) is 0.274. The Kier molecular flexibility index (Phi) is 12.4. The summed E-state index contributed by atoms with van der Waals surface area (Å²) >= 11 is 0. The number of anilines is 1. The molecule has 2 aromatic carbocycles. The van der Waals surface area contributed by atoms with Crippen molar-refractivity contribution in [1.29, 1.82) is 0 Å². The van der Waals surface area contributed by atoms with Gasteiger partial charge in [-0.3, -0.25) is 20.3 Å². The number of rotatable bonds is 9. The molecule has 0 bridgehead atoms. The third-order valence-corrected chi connectivity index (χ3v) is 10.1. The predicted octanol–water partition coefficient (Wildman–Crippen LogP) is 5.40. The zero-order valence-corrected chi connectivity index (χ0v) is 27.3. The second kappa shape index (κ2) is 16.6. The molecule has 2 heterocycles. The Bertz CT molecular complexity index is 1160. The van der Waals surface area contributed by atoms with Gasteiger partial charge in [0.1, 0.15) is 30.4 Å². The number of nitrogens with one attached hydrogen (secondary N) is 3. The lowest BCUT2D eigenvalue weighted by atomic mass is 9.71. The third-order valence-electron chi connectivity index (χ3n) is 10.1. The van der Waals surface area contributed by atoms with E-state index in [1.165, 1.54) is 83.3 Å². The first-order valence-electron chi connectivity index (χ1n) is 17.1. The summed E-state index contributed by atoms with van der Waals surface area (Å²) < 4.78 is 16.4. The highest BCUT2D eigenvalue weighted by Gasteiger charge is 2.43. The van der Waals surface area contributed by atoms with Gasteiger partial charge in [-0.05, 0) is 54.8 Å². The largest absolute Gasteiger partial charge is 0.497 e. The number of hydrogen-bond acceptors (Lipinski definition) is 9. The Hall–Kier alpha value is -2.85. The Balaban J connectivity index is 1.22. The molecule has 5 rings (SSSR count). The van der Waals surface area contributed by atoms with Crippen molar-refractivity contribution in [2.75, 3.05) is 45.8 Å². The van der Waals surface area contributed by atoms with E-state index >= 15 is 0 Å². The van der Waals surface area contributed by atoms with Gasteiger partial charge in [0.25, 0.3) is 0 Å². The van der Waals surface area contributed by atoms with Gasteiger partial charge in [0.2, 0.25) is 0 Å². The number of methoxy groups -OCH3 is 2. The van der Waals surface area contributed by atoms with Gasteiger partial charge in [-0.25, -0.2) is 0 Å². The standard InChI is InChI=1S/C36H54N4O5/c1-43-30-16-12-27(13-17-30)32-25-37-35(39-36(32)20-10-8-6-4-3-5-7-9-11-21-36)38-28-14-18-31(19-15-28)45-23-22-40-26-29(41)24-33(40)34(42)44-2/h12-19,29,32-33,35,37-39,41H,3-11,20-26H2,1-2H3/t29-,32?,33?,35?/m1/s1. The van der Waals surface area contributed by atoms with E-state index < -0.39 is 12.1 Å². The molecular formula is C36H54N4O5. The number of carbonyl (C=O) groups excluding carboxylic acids is 1. The van der Waals surface area contributed by atoms with Gasteiger partial charge in [0.15, 0.2) is 0 Å². The fourth-order valence-electron chi connectivity index (χ4n) is 7.57. The van der Waals surface area contributed by atoms with E-state index in [4.69, 9.17) is 14.2 Å². The van der Waals surface area contributed by atoms with Gasteiger partial charge in [-0.15, -0.1) is 0 Å². The van der Waals surface area contributed by atoms with Crippen LogP contribution in [0.2, 0.25) is 0 Å². The van der Waals surface area contributed by atoms with Crippen LogP contribution in [0.15, 0.2) is 48.5 Å². The summed E-state index contributed by atoms with van der Waals surface area (Å²) in [5.74, 6) is 1.74. The minimum atomic E-state index is -0.516. The zero-order chi connectivity index (χ0) is 31.5. The van der Waals surface area contributed by atoms with Crippen molar-refractivity contribution in [2.24, 2.45) is 0 Å². The Morgan fingerprint density at radius 2 is 1.53 bits per heavy atom. The fraction of sp³-hybridized carbons (Fsp3) is 0.639. The Morgan fingerprint density at radius 1 is 0.911 bits per heavy atom. The second-order valence-corrected chi connectivity index (χ2v) is 13.1. The number of ether oxygens (including phenoxy) is 3. The van der Waals surface area contributed by atoms with Crippen molar-refractivity contribution in [2.45, 2.75) is 107 Å². The summed E-state index contributed by atoms with van der Waals surface area (Å²) in [7, 11) is 3.11. The summed E-state index contributed by atoms with van der Waals surface area (Å²) in [5.41, 5.74) is 2.39. The van der Waals surface area contributed by atoms with Gasteiger partial charge in [0.05, 0.1) is 20.3 Å². The second-order valence-electron chi connectivity index (χ2n) is 13.1. The summed E-state index contributed by atoms with van der Waals surface area (Å²) in [6.45, 7) is 2.32. The summed E-state index contributed by atoms with van der Waals surface area (Å²) in [4.78, 5) is 14.0. The predicted molar refractivity (Wildman–Crippen MR) is 178 cm³/mol. The highest BCUT2D eigenvalue weighted by atomic mass is 16.5. The molecule has 1 spiro atoms. The van der Waals surface area contributed by atoms with E-state index in [0.717, 1.165) is 23.7 Å². The van der Waals surface area contributed by atoms with Crippen LogP contribution in [0.4, 0.5) is 5.69 Å². The van der Waals surface area contributed by atoms with E-state index in [-0.39, 0.29) is 17.8 Å². The Morgan fingerprint density at radius 3 is 2.16 bits per heavy atom. The first-order chi connectivity index (χ1) is 22.0. The maximum atomic E-state index is 12.1. The third kappa shape index (κ3) is 9.12. The molecule has 3 aliphatic rings. The topological polar surface area (TPSA) is 104 Å². The van der Waals surface area contributed by atoms with Crippen molar-refractivity contribution in [3.05, 3.63) is 54.1 Å². The van der Waals surface area contributed by atoms with Crippen molar-refractivity contribution < 1.29 is 24.1 Å². The molecule has 248 valence electrons. The van der Waals surface area contributed by atoms with Crippen LogP contribution in [0.3, 0.4) is 0 Å².